The van der Waals surface area contributed by atoms with Crippen LogP contribution >= 0.6 is 23.5 Å². The SMILES string of the molecule is CC(=O)SCc1ccc(OCCCC(=NC(=O)OC(C)(C)C)NC(=O)OC(C)(C)C)cc1CSC(C)=O. The zero-order chi connectivity index (χ0) is 28.2. The lowest BCUT2D eigenvalue weighted by atomic mass is 10.1. The van der Waals surface area contributed by atoms with Gasteiger partial charge >= 0.3 is 12.2 Å². The maximum atomic E-state index is 12.2. The number of amidine groups is 1. The molecule has 1 N–H and O–H groups in total. The van der Waals surface area contributed by atoms with Crippen molar-refractivity contribution in [3.8, 4) is 5.75 Å². The van der Waals surface area contributed by atoms with E-state index in [0.717, 1.165) is 11.1 Å². The summed E-state index contributed by atoms with van der Waals surface area (Å²) in [7, 11) is 0. The number of nitrogens with one attached hydrogen (secondary N) is 1. The largest absolute Gasteiger partial charge is 0.494 e. The monoisotopic (exact) mass is 554 g/mol. The number of alkyl carbamates (subject to hydrolysis) is 1. The van der Waals surface area contributed by atoms with Crippen LogP contribution in [0, 0.1) is 0 Å². The number of nitrogens with zero attached hydrogens (tertiary/aromatic N) is 1. The summed E-state index contributed by atoms with van der Waals surface area (Å²) >= 11 is 2.40. The number of carbonyl (C=O) groups excluding carboxylic acids is 4. The third kappa shape index (κ3) is 16.0. The highest BCUT2D eigenvalue weighted by atomic mass is 32.2. The molecular formula is C26H38N2O7S2. The van der Waals surface area contributed by atoms with Gasteiger partial charge in [-0.3, -0.25) is 14.9 Å². The summed E-state index contributed by atoms with van der Waals surface area (Å²) in [5.74, 6) is 1.72. The minimum atomic E-state index is -0.814. The maximum absolute atomic E-state index is 12.2. The fourth-order valence-corrected chi connectivity index (χ4v) is 3.99. The van der Waals surface area contributed by atoms with E-state index in [0.29, 0.717) is 23.7 Å². The second-order valence-corrected chi connectivity index (χ2v) is 12.4. The van der Waals surface area contributed by atoms with Gasteiger partial charge < -0.3 is 14.2 Å². The molecule has 11 heteroatoms. The fourth-order valence-electron chi connectivity index (χ4n) is 2.72. The Hall–Kier alpha value is -2.53. The Balaban J connectivity index is 2.85. The highest BCUT2D eigenvalue weighted by Gasteiger charge is 2.20. The molecule has 0 bridgehead atoms. The molecule has 1 aromatic carbocycles. The number of thioether (sulfide) groups is 2. The molecule has 0 aromatic heterocycles. The van der Waals surface area contributed by atoms with Gasteiger partial charge in [-0.1, -0.05) is 29.6 Å². The lowest BCUT2D eigenvalue weighted by Crippen LogP contribution is -2.37. The van der Waals surface area contributed by atoms with Crippen molar-refractivity contribution in [1.29, 1.82) is 0 Å². The van der Waals surface area contributed by atoms with Gasteiger partial charge in [-0.2, -0.15) is 4.99 Å². The van der Waals surface area contributed by atoms with Gasteiger partial charge in [-0.15, -0.1) is 0 Å². The second kappa shape index (κ2) is 15.0. The summed E-state index contributed by atoms with van der Waals surface area (Å²) in [6.45, 7) is 13.7. The normalized spacial score (nSPS) is 12.1. The van der Waals surface area contributed by atoms with Crippen LogP contribution in [0.4, 0.5) is 9.59 Å². The second-order valence-electron chi connectivity index (χ2n) is 10.1. The lowest BCUT2D eigenvalue weighted by molar-refractivity contribution is -0.109. The zero-order valence-electron chi connectivity index (χ0n) is 22.9. The van der Waals surface area contributed by atoms with Crippen molar-refractivity contribution in [2.24, 2.45) is 4.99 Å². The number of ether oxygens (including phenoxy) is 3. The zero-order valence-corrected chi connectivity index (χ0v) is 24.5. The third-order valence-electron chi connectivity index (χ3n) is 4.13. The average Bonchev–Trinajstić information content (AvgIpc) is 2.71. The number of carbonyl (C=O) groups is 4. The predicted molar refractivity (Wildman–Crippen MR) is 148 cm³/mol. The molecular weight excluding hydrogens is 516 g/mol. The van der Waals surface area contributed by atoms with Crippen LogP contribution in [-0.2, 0) is 30.6 Å². The van der Waals surface area contributed by atoms with Crippen molar-refractivity contribution < 1.29 is 33.4 Å². The number of aliphatic imine (C=N–C) groups is 1. The van der Waals surface area contributed by atoms with Gasteiger partial charge in [0.1, 0.15) is 22.8 Å². The molecule has 0 saturated carbocycles. The van der Waals surface area contributed by atoms with Gasteiger partial charge in [0.25, 0.3) is 0 Å². The molecule has 37 heavy (non-hydrogen) atoms. The van der Waals surface area contributed by atoms with Gasteiger partial charge in [0.2, 0.25) is 0 Å². The van der Waals surface area contributed by atoms with E-state index in [-0.39, 0.29) is 29.1 Å². The molecule has 0 aliphatic rings. The predicted octanol–water partition coefficient (Wildman–Crippen LogP) is 6.26. The van der Waals surface area contributed by atoms with E-state index in [1.807, 2.05) is 18.2 Å². The first kappa shape index (κ1) is 32.5. The molecule has 0 atom stereocenters. The molecule has 0 aliphatic carbocycles. The number of hydrogen-bond donors (Lipinski definition) is 1. The summed E-state index contributed by atoms with van der Waals surface area (Å²) in [5.41, 5.74) is 0.450. The van der Waals surface area contributed by atoms with Crippen molar-refractivity contribution in [1.82, 2.24) is 5.32 Å². The van der Waals surface area contributed by atoms with Crippen molar-refractivity contribution in [2.75, 3.05) is 6.61 Å². The Morgan fingerprint density at radius 2 is 1.43 bits per heavy atom. The summed E-state index contributed by atoms with van der Waals surface area (Å²) in [6.07, 6.45) is -0.857. The van der Waals surface area contributed by atoms with E-state index >= 15 is 0 Å². The smallest absolute Gasteiger partial charge is 0.435 e. The van der Waals surface area contributed by atoms with E-state index in [1.165, 1.54) is 37.4 Å². The third-order valence-corrected chi connectivity index (χ3v) is 5.85. The minimum absolute atomic E-state index is 0.00536. The molecule has 0 aliphatic heterocycles. The molecule has 0 saturated heterocycles. The van der Waals surface area contributed by atoms with Crippen LogP contribution in [0.15, 0.2) is 23.2 Å². The summed E-state index contributed by atoms with van der Waals surface area (Å²) in [6, 6.07) is 5.56. The van der Waals surface area contributed by atoms with Crippen LogP contribution < -0.4 is 10.1 Å². The van der Waals surface area contributed by atoms with E-state index in [9.17, 15) is 19.2 Å². The molecule has 9 nitrogen and oxygen atoms in total. The molecule has 0 unspecified atom stereocenters. The van der Waals surface area contributed by atoms with Crippen LogP contribution in [0.25, 0.3) is 0 Å². The van der Waals surface area contributed by atoms with E-state index in [4.69, 9.17) is 14.2 Å². The van der Waals surface area contributed by atoms with Crippen molar-refractivity contribution >= 4 is 51.8 Å². The molecule has 0 radical (unpaired) electrons. The summed E-state index contributed by atoms with van der Waals surface area (Å²) < 4.78 is 16.4. The fraction of sp³-hybridized carbons (Fsp3) is 0.577. The Bertz CT molecular complexity index is 996. The van der Waals surface area contributed by atoms with Crippen molar-refractivity contribution in [3.63, 3.8) is 0 Å². The number of benzene rings is 1. The van der Waals surface area contributed by atoms with E-state index in [2.05, 4.69) is 10.3 Å². The number of hydrogen-bond acceptors (Lipinski definition) is 9. The maximum Gasteiger partial charge on any atom is 0.435 e. The highest BCUT2D eigenvalue weighted by molar-refractivity contribution is 8.13. The highest BCUT2D eigenvalue weighted by Crippen LogP contribution is 2.26. The quantitative estimate of drug-likeness (QED) is 0.214. The Morgan fingerprint density at radius 1 is 0.865 bits per heavy atom. The minimum Gasteiger partial charge on any atom is -0.494 e. The first-order valence-electron chi connectivity index (χ1n) is 11.9. The molecule has 1 aromatic rings. The molecule has 0 fully saturated rings. The Labute approximate surface area is 227 Å². The van der Waals surface area contributed by atoms with E-state index in [1.54, 1.807) is 41.5 Å². The number of amides is 2. The molecule has 0 heterocycles. The van der Waals surface area contributed by atoms with Crippen molar-refractivity contribution in [2.45, 2.75) is 90.9 Å². The van der Waals surface area contributed by atoms with Gasteiger partial charge in [0.05, 0.1) is 6.61 Å². The van der Waals surface area contributed by atoms with Crippen LogP contribution in [0.3, 0.4) is 0 Å². The first-order valence-corrected chi connectivity index (χ1v) is 13.8. The summed E-state index contributed by atoms with van der Waals surface area (Å²) in [4.78, 5) is 51.1. The lowest BCUT2D eigenvalue weighted by Gasteiger charge is -2.21. The van der Waals surface area contributed by atoms with Crippen LogP contribution in [0.1, 0.15) is 79.4 Å². The van der Waals surface area contributed by atoms with Crippen LogP contribution in [0.2, 0.25) is 0 Å². The Morgan fingerprint density at radius 3 is 1.97 bits per heavy atom. The van der Waals surface area contributed by atoms with Gasteiger partial charge in [-0.05, 0) is 71.2 Å². The van der Waals surface area contributed by atoms with Gasteiger partial charge in [0.15, 0.2) is 10.2 Å². The standard InChI is InChI=1S/C26H38N2O7S2/c1-17(29)36-15-19-11-12-21(14-20(19)16-37-18(2)30)33-13-9-10-22(27-23(31)34-25(3,4)5)28-24(32)35-26(6,7)8/h11-12,14H,9-10,13,15-16H2,1-8H3,(H,27,28,31,32). The Kier molecular flexibility index (Phi) is 13.2. The molecule has 2 amide bonds. The number of rotatable bonds is 9. The van der Waals surface area contributed by atoms with Crippen molar-refractivity contribution in [3.05, 3.63) is 29.3 Å². The molecule has 206 valence electrons. The molecule has 1 rings (SSSR count). The topological polar surface area (TPSA) is 120 Å². The first-order chi connectivity index (χ1) is 17.0. The van der Waals surface area contributed by atoms with E-state index < -0.39 is 23.4 Å². The van der Waals surface area contributed by atoms with Crippen LogP contribution in [0.5, 0.6) is 5.75 Å². The van der Waals surface area contributed by atoms with Gasteiger partial charge in [-0.25, -0.2) is 9.59 Å². The summed E-state index contributed by atoms with van der Waals surface area (Å²) in [5, 5.41) is 2.55. The van der Waals surface area contributed by atoms with Crippen LogP contribution in [-0.4, -0.2) is 46.1 Å². The van der Waals surface area contributed by atoms with Gasteiger partial charge in [0, 0.05) is 31.8 Å². The molecule has 0 spiro atoms. The average molecular weight is 555 g/mol.